The molecule has 0 spiro atoms. The number of hydrogen-bond donors (Lipinski definition) is 2. The number of aromatic hydroxyl groups is 1. The van der Waals surface area contributed by atoms with Crippen LogP contribution in [-0.2, 0) is 6.42 Å². The van der Waals surface area contributed by atoms with Crippen molar-refractivity contribution >= 4 is 11.6 Å². The van der Waals surface area contributed by atoms with Gasteiger partial charge in [-0.25, -0.2) is 4.39 Å². The standard InChI is InChI=1S/C19H15ClFNO2/c20-17-5-4-13(9-18(17)21)12-2-1-3-14(8-12)16-10-15(24)11-22-19(16)6-7-23/h1-5,8-11,23-24H,6-7H2. The molecule has 122 valence electrons. The van der Waals surface area contributed by atoms with Crippen molar-refractivity contribution in [3.8, 4) is 28.0 Å². The Morgan fingerprint density at radius 3 is 2.50 bits per heavy atom. The smallest absolute Gasteiger partial charge is 0.142 e. The molecule has 0 bridgehead atoms. The Morgan fingerprint density at radius 1 is 1.00 bits per heavy atom. The maximum absolute atomic E-state index is 13.7. The van der Waals surface area contributed by atoms with Crippen LogP contribution in [0.15, 0.2) is 54.7 Å². The van der Waals surface area contributed by atoms with E-state index < -0.39 is 5.82 Å². The van der Waals surface area contributed by atoms with E-state index in [1.54, 1.807) is 12.1 Å². The molecule has 5 heteroatoms. The van der Waals surface area contributed by atoms with E-state index in [9.17, 15) is 14.6 Å². The van der Waals surface area contributed by atoms with E-state index in [1.165, 1.54) is 18.3 Å². The SMILES string of the molecule is OCCc1ncc(O)cc1-c1cccc(-c2ccc(Cl)c(F)c2)c1. The van der Waals surface area contributed by atoms with Crippen LogP contribution in [0.2, 0.25) is 5.02 Å². The second-order valence-electron chi connectivity index (χ2n) is 5.37. The van der Waals surface area contributed by atoms with Crippen LogP contribution in [0.3, 0.4) is 0 Å². The third kappa shape index (κ3) is 3.40. The molecule has 2 N–H and O–H groups in total. The van der Waals surface area contributed by atoms with Gasteiger partial charge in [-0.1, -0.05) is 35.9 Å². The minimum Gasteiger partial charge on any atom is -0.506 e. The van der Waals surface area contributed by atoms with Gasteiger partial charge in [0.1, 0.15) is 11.6 Å². The van der Waals surface area contributed by atoms with Crippen LogP contribution in [0.25, 0.3) is 22.3 Å². The second kappa shape index (κ2) is 6.99. The summed E-state index contributed by atoms with van der Waals surface area (Å²) in [6, 6.07) is 13.8. The summed E-state index contributed by atoms with van der Waals surface area (Å²) in [5.41, 5.74) is 3.78. The summed E-state index contributed by atoms with van der Waals surface area (Å²) in [7, 11) is 0. The monoisotopic (exact) mass is 343 g/mol. The summed E-state index contributed by atoms with van der Waals surface area (Å²) < 4.78 is 13.7. The van der Waals surface area contributed by atoms with Crippen molar-refractivity contribution in [1.29, 1.82) is 0 Å². The molecule has 0 saturated heterocycles. The van der Waals surface area contributed by atoms with E-state index in [0.29, 0.717) is 17.7 Å². The van der Waals surface area contributed by atoms with Crippen molar-refractivity contribution in [2.45, 2.75) is 6.42 Å². The molecule has 0 radical (unpaired) electrons. The molecule has 0 amide bonds. The van der Waals surface area contributed by atoms with Gasteiger partial charge in [0.15, 0.2) is 0 Å². The fourth-order valence-electron chi connectivity index (χ4n) is 2.58. The van der Waals surface area contributed by atoms with Crippen molar-refractivity contribution in [1.82, 2.24) is 4.98 Å². The van der Waals surface area contributed by atoms with Crippen LogP contribution in [0.5, 0.6) is 5.75 Å². The maximum Gasteiger partial charge on any atom is 0.142 e. The van der Waals surface area contributed by atoms with Gasteiger partial charge in [0.25, 0.3) is 0 Å². The average molecular weight is 344 g/mol. The van der Waals surface area contributed by atoms with E-state index in [0.717, 1.165) is 16.7 Å². The summed E-state index contributed by atoms with van der Waals surface area (Å²) in [5, 5.41) is 19.0. The van der Waals surface area contributed by atoms with Gasteiger partial charge in [0, 0.05) is 18.6 Å². The van der Waals surface area contributed by atoms with Crippen molar-refractivity contribution in [2.24, 2.45) is 0 Å². The first-order valence-corrected chi connectivity index (χ1v) is 7.81. The summed E-state index contributed by atoms with van der Waals surface area (Å²) in [6.45, 7) is -0.0349. The highest BCUT2D eigenvalue weighted by atomic mass is 35.5. The fourth-order valence-corrected chi connectivity index (χ4v) is 2.70. The molecule has 2 aromatic carbocycles. The van der Waals surface area contributed by atoms with Crippen LogP contribution in [0.1, 0.15) is 5.69 Å². The van der Waals surface area contributed by atoms with Gasteiger partial charge in [0.2, 0.25) is 0 Å². The van der Waals surface area contributed by atoms with Crippen LogP contribution >= 0.6 is 11.6 Å². The first-order valence-electron chi connectivity index (χ1n) is 7.43. The molecule has 0 atom stereocenters. The molecule has 3 rings (SSSR count). The number of rotatable bonds is 4. The molecule has 3 nitrogen and oxygen atoms in total. The number of halogens is 2. The molecule has 1 aromatic heterocycles. The Bertz CT molecular complexity index is 883. The average Bonchev–Trinajstić information content (AvgIpc) is 2.59. The Morgan fingerprint density at radius 2 is 1.75 bits per heavy atom. The van der Waals surface area contributed by atoms with Gasteiger partial charge in [-0.3, -0.25) is 4.98 Å². The van der Waals surface area contributed by atoms with Crippen LogP contribution in [0, 0.1) is 5.82 Å². The lowest BCUT2D eigenvalue weighted by Gasteiger charge is -2.11. The highest BCUT2D eigenvalue weighted by Crippen LogP contribution is 2.31. The lowest BCUT2D eigenvalue weighted by molar-refractivity contribution is 0.298. The molecule has 0 aliphatic rings. The zero-order valence-electron chi connectivity index (χ0n) is 12.7. The number of pyridine rings is 1. The number of aliphatic hydroxyl groups excluding tert-OH is 1. The molecule has 0 unspecified atom stereocenters. The molecule has 0 aliphatic heterocycles. The summed E-state index contributed by atoms with van der Waals surface area (Å²) in [5.74, 6) is -0.422. The Labute approximate surface area is 144 Å². The number of aromatic nitrogens is 1. The van der Waals surface area contributed by atoms with Crippen molar-refractivity contribution in [3.63, 3.8) is 0 Å². The van der Waals surface area contributed by atoms with Crippen molar-refractivity contribution in [2.75, 3.05) is 6.61 Å². The second-order valence-corrected chi connectivity index (χ2v) is 5.78. The minimum atomic E-state index is -0.473. The molecular weight excluding hydrogens is 329 g/mol. The molecule has 24 heavy (non-hydrogen) atoms. The van der Waals surface area contributed by atoms with Crippen LogP contribution in [-0.4, -0.2) is 21.8 Å². The third-order valence-electron chi connectivity index (χ3n) is 3.73. The summed E-state index contributed by atoms with van der Waals surface area (Å²) >= 11 is 5.73. The number of nitrogens with zero attached hydrogens (tertiary/aromatic N) is 1. The Hall–Kier alpha value is -2.43. The first-order chi connectivity index (χ1) is 11.6. The zero-order chi connectivity index (χ0) is 17.1. The first kappa shape index (κ1) is 16.4. The Balaban J connectivity index is 2.08. The molecule has 0 fully saturated rings. The van der Waals surface area contributed by atoms with E-state index in [2.05, 4.69) is 4.98 Å². The summed E-state index contributed by atoms with van der Waals surface area (Å²) in [6.07, 6.45) is 1.74. The topological polar surface area (TPSA) is 53.4 Å². The molecule has 1 heterocycles. The molecule has 3 aromatic rings. The summed E-state index contributed by atoms with van der Waals surface area (Å²) in [4.78, 5) is 4.19. The van der Waals surface area contributed by atoms with Gasteiger partial charge in [0.05, 0.1) is 16.9 Å². The van der Waals surface area contributed by atoms with Gasteiger partial charge in [-0.15, -0.1) is 0 Å². The molecule has 0 saturated carbocycles. The number of aliphatic hydroxyl groups is 1. The van der Waals surface area contributed by atoms with E-state index >= 15 is 0 Å². The normalized spacial score (nSPS) is 10.8. The minimum absolute atomic E-state index is 0.0349. The highest BCUT2D eigenvalue weighted by molar-refractivity contribution is 6.30. The predicted octanol–water partition coefficient (Wildman–Crippen LogP) is 4.45. The molecular formula is C19H15ClFNO2. The van der Waals surface area contributed by atoms with Crippen molar-refractivity contribution < 1.29 is 14.6 Å². The molecule has 0 aliphatic carbocycles. The quantitative estimate of drug-likeness (QED) is 0.736. The van der Waals surface area contributed by atoms with Gasteiger partial charge in [-0.2, -0.15) is 0 Å². The number of hydrogen-bond acceptors (Lipinski definition) is 3. The van der Waals surface area contributed by atoms with Gasteiger partial charge in [-0.05, 0) is 41.0 Å². The number of benzene rings is 2. The van der Waals surface area contributed by atoms with Crippen LogP contribution in [0.4, 0.5) is 4.39 Å². The van der Waals surface area contributed by atoms with Crippen molar-refractivity contribution in [3.05, 3.63) is 71.3 Å². The lowest BCUT2D eigenvalue weighted by Crippen LogP contribution is -1.98. The van der Waals surface area contributed by atoms with Gasteiger partial charge >= 0.3 is 0 Å². The highest BCUT2D eigenvalue weighted by Gasteiger charge is 2.10. The largest absolute Gasteiger partial charge is 0.506 e. The Kier molecular flexibility index (Phi) is 4.79. The van der Waals surface area contributed by atoms with E-state index in [-0.39, 0.29) is 17.4 Å². The third-order valence-corrected chi connectivity index (χ3v) is 4.04. The zero-order valence-corrected chi connectivity index (χ0v) is 13.5. The lowest BCUT2D eigenvalue weighted by atomic mass is 9.97. The maximum atomic E-state index is 13.7. The van der Waals surface area contributed by atoms with E-state index in [1.807, 2.05) is 24.3 Å². The predicted molar refractivity (Wildman–Crippen MR) is 92.5 cm³/mol. The van der Waals surface area contributed by atoms with E-state index in [4.69, 9.17) is 11.6 Å². The van der Waals surface area contributed by atoms with Gasteiger partial charge < -0.3 is 10.2 Å². The fraction of sp³-hybridized carbons (Fsp3) is 0.105. The van der Waals surface area contributed by atoms with Crippen LogP contribution < -0.4 is 0 Å².